The molecule has 0 spiro atoms. The van der Waals surface area contributed by atoms with Crippen LogP contribution in [0, 0.1) is 5.92 Å². The van der Waals surface area contributed by atoms with E-state index in [2.05, 4.69) is 19.2 Å². The summed E-state index contributed by atoms with van der Waals surface area (Å²) >= 11 is 0. The first kappa shape index (κ1) is 27.1. The van der Waals surface area contributed by atoms with Crippen LogP contribution in [0.3, 0.4) is 0 Å². The van der Waals surface area contributed by atoms with Crippen molar-refractivity contribution >= 4 is 21.6 Å². The first-order chi connectivity index (χ1) is 17.2. The number of carbonyl (C=O) groups is 1. The molecule has 0 saturated heterocycles. The minimum absolute atomic E-state index is 0.112. The maximum atomic E-state index is 13.6. The van der Waals surface area contributed by atoms with Gasteiger partial charge in [0.15, 0.2) is 0 Å². The number of carbonyl (C=O) groups excluding carboxylic acids is 1. The second kappa shape index (κ2) is 12.4. The molecule has 0 aromatic heterocycles. The predicted octanol–water partition coefficient (Wildman–Crippen LogP) is 5.19. The number of sulfonamides is 1. The van der Waals surface area contributed by atoms with Gasteiger partial charge in [0.25, 0.3) is 10.0 Å². The summed E-state index contributed by atoms with van der Waals surface area (Å²) in [6, 6.07) is 22.0. The summed E-state index contributed by atoms with van der Waals surface area (Å²) in [6.45, 7) is 6.16. The minimum Gasteiger partial charge on any atom is -0.497 e. The average molecular weight is 511 g/mol. The average Bonchev–Trinajstić information content (AvgIpc) is 2.88. The Morgan fingerprint density at radius 1 is 0.917 bits per heavy atom. The van der Waals surface area contributed by atoms with Crippen molar-refractivity contribution < 1.29 is 22.7 Å². The summed E-state index contributed by atoms with van der Waals surface area (Å²) in [5.74, 6) is 1.26. The van der Waals surface area contributed by atoms with Crippen LogP contribution >= 0.6 is 0 Å². The number of ether oxygens (including phenoxy) is 2. The molecule has 1 atom stereocenters. The van der Waals surface area contributed by atoms with Gasteiger partial charge in [-0.15, -0.1) is 0 Å². The molecule has 8 heteroatoms. The summed E-state index contributed by atoms with van der Waals surface area (Å²) in [7, 11) is -2.39. The summed E-state index contributed by atoms with van der Waals surface area (Å²) in [4.78, 5) is 13.4. The number of methoxy groups -OCH3 is 1. The molecule has 0 aliphatic carbocycles. The minimum atomic E-state index is -3.99. The van der Waals surface area contributed by atoms with Crippen molar-refractivity contribution in [1.29, 1.82) is 0 Å². The highest BCUT2D eigenvalue weighted by Gasteiger charge is 2.28. The van der Waals surface area contributed by atoms with E-state index < -0.39 is 15.9 Å². The first-order valence-electron chi connectivity index (χ1n) is 12.0. The smallest absolute Gasteiger partial charge is 0.264 e. The van der Waals surface area contributed by atoms with Crippen LogP contribution < -0.4 is 19.1 Å². The Bertz CT molecular complexity index is 1210. The number of benzene rings is 3. The van der Waals surface area contributed by atoms with Gasteiger partial charge in [-0.3, -0.25) is 9.10 Å². The van der Waals surface area contributed by atoms with Gasteiger partial charge in [0.1, 0.15) is 18.0 Å². The molecule has 0 radical (unpaired) electrons. The van der Waals surface area contributed by atoms with Crippen LogP contribution in [0.25, 0.3) is 0 Å². The molecule has 0 unspecified atom stereocenters. The molecule has 0 heterocycles. The van der Waals surface area contributed by atoms with E-state index in [1.165, 1.54) is 12.1 Å². The zero-order valence-corrected chi connectivity index (χ0v) is 22.0. The van der Waals surface area contributed by atoms with Gasteiger partial charge in [-0.25, -0.2) is 8.42 Å². The van der Waals surface area contributed by atoms with E-state index in [0.717, 1.165) is 15.6 Å². The van der Waals surface area contributed by atoms with Crippen LogP contribution in [0.1, 0.15) is 38.8 Å². The van der Waals surface area contributed by atoms with Crippen molar-refractivity contribution in [2.45, 2.75) is 38.1 Å². The second-order valence-corrected chi connectivity index (χ2v) is 10.6. The van der Waals surface area contributed by atoms with Gasteiger partial charge in [-0.2, -0.15) is 0 Å². The van der Waals surface area contributed by atoms with Crippen LogP contribution in [0.4, 0.5) is 5.69 Å². The van der Waals surface area contributed by atoms with Crippen LogP contribution in [0.15, 0.2) is 83.8 Å². The summed E-state index contributed by atoms with van der Waals surface area (Å²) < 4.78 is 39.0. The van der Waals surface area contributed by atoms with Crippen LogP contribution in [0.2, 0.25) is 0 Å². The molecule has 1 amide bonds. The van der Waals surface area contributed by atoms with Gasteiger partial charge < -0.3 is 14.8 Å². The number of hydrogen-bond donors (Lipinski definition) is 1. The van der Waals surface area contributed by atoms with Gasteiger partial charge in [-0.1, -0.05) is 44.2 Å². The summed E-state index contributed by atoms with van der Waals surface area (Å²) in [6.07, 6.45) is 0.701. The molecule has 0 saturated carbocycles. The fourth-order valence-corrected chi connectivity index (χ4v) is 5.31. The summed E-state index contributed by atoms with van der Waals surface area (Å²) in [5.41, 5.74) is 1.30. The summed E-state index contributed by atoms with van der Waals surface area (Å²) in [5, 5.41) is 3.05. The number of anilines is 1. The molecule has 3 rings (SSSR count). The SMILES string of the molecule is CCOc1ccc(N(CC(=O)N[C@@H](CC(C)C)c2ccc(OC)cc2)S(=O)(=O)c2ccccc2)cc1. The number of nitrogens with zero attached hydrogens (tertiary/aromatic N) is 1. The van der Waals surface area contributed by atoms with Gasteiger partial charge in [0.05, 0.1) is 30.3 Å². The van der Waals surface area contributed by atoms with Crippen molar-refractivity contribution in [3.63, 3.8) is 0 Å². The standard InChI is InChI=1S/C28H34N2O5S/c1-5-35-25-17-13-23(14-18-25)30(36(32,33)26-9-7-6-8-10-26)20-28(31)29-27(19-21(2)3)22-11-15-24(34-4)16-12-22/h6-18,21,27H,5,19-20H2,1-4H3,(H,29,31)/t27-/m0/s1. The Balaban J connectivity index is 1.90. The van der Waals surface area contributed by atoms with Crippen molar-refractivity contribution in [2.24, 2.45) is 5.92 Å². The number of amides is 1. The number of hydrogen-bond acceptors (Lipinski definition) is 5. The highest BCUT2D eigenvalue weighted by molar-refractivity contribution is 7.92. The Hall–Kier alpha value is -3.52. The van der Waals surface area contributed by atoms with E-state index in [1.807, 2.05) is 31.2 Å². The van der Waals surface area contributed by atoms with E-state index in [0.29, 0.717) is 30.4 Å². The highest BCUT2D eigenvalue weighted by Crippen LogP contribution is 2.27. The predicted molar refractivity (Wildman–Crippen MR) is 142 cm³/mol. The Morgan fingerprint density at radius 2 is 1.53 bits per heavy atom. The van der Waals surface area contributed by atoms with E-state index in [-0.39, 0.29) is 17.5 Å². The van der Waals surface area contributed by atoms with Crippen LogP contribution in [0.5, 0.6) is 11.5 Å². The first-order valence-corrected chi connectivity index (χ1v) is 13.4. The molecule has 3 aromatic carbocycles. The molecule has 0 aliphatic heterocycles. The monoisotopic (exact) mass is 510 g/mol. The van der Waals surface area contributed by atoms with E-state index in [4.69, 9.17) is 9.47 Å². The molecule has 0 fully saturated rings. The fraction of sp³-hybridized carbons (Fsp3) is 0.321. The number of nitrogens with one attached hydrogen (secondary N) is 1. The van der Waals surface area contributed by atoms with E-state index in [1.54, 1.807) is 49.6 Å². The molecule has 3 aromatic rings. The number of rotatable bonds is 12. The molecular formula is C28H34N2O5S. The fourth-order valence-electron chi connectivity index (χ4n) is 3.87. The molecule has 0 aliphatic rings. The molecule has 192 valence electrons. The van der Waals surface area contributed by atoms with Crippen molar-refractivity contribution in [1.82, 2.24) is 5.32 Å². The van der Waals surface area contributed by atoms with Crippen molar-refractivity contribution in [2.75, 3.05) is 24.6 Å². The lowest BCUT2D eigenvalue weighted by molar-refractivity contribution is -0.120. The normalized spacial score (nSPS) is 12.1. The molecule has 36 heavy (non-hydrogen) atoms. The van der Waals surface area contributed by atoms with Gasteiger partial charge in [0, 0.05) is 0 Å². The molecule has 0 bridgehead atoms. The van der Waals surface area contributed by atoms with Gasteiger partial charge in [0.2, 0.25) is 5.91 Å². The largest absolute Gasteiger partial charge is 0.497 e. The van der Waals surface area contributed by atoms with Crippen molar-refractivity contribution in [3.05, 3.63) is 84.4 Å². The Kier molecular flexibility index (Phi) is 9.36. The third kappa shape index (κ3) is 7.01. The van der Waals surface area contributed by atoms with Gasteiger partial charge in [-0.05, 0) is 73.4 Å². The van der Waals surface area contributed by atoms with E-state index in [9.17, 15) is 13.2 Å². The maximum Gasteiger partial charge on any atom is 0.264 e. The molecular weight excluding hydrogens is 476 g/mol. The maximum absolute atomic E-state index is 13.6. The molecule has 7 nitrogen and oxygen atoms in total. The third-order valence-corrected chi connectivity index (χ3v) is 7.40. The zero-order chi connectivity index (χ0) is 26.1. The second-order valence-electron chi connectivity index (χ2n) is 8.77. The lowest BCUT2D eigenvalue weighted by atomic mass is 9.97. The lowest BCUT2D eigenvalue weighted by Crippen LogP contribution is -2.42. The molecule has 1 N–H and O–H groups in total. The van der Waals surface area contributed by atoms with Crippen LogP contribution in [-0.4, -0.2) is 34.6 Å². The van der Waals surface area contributed by atoms with Gasteiger partial charge >= 0.3 is 0 Å². The zero-order valence-electron chi connectivity index (χ0n) is 21.2. The lowest BCUT2D eigenvalue weighted by Gasteiger charge is -2.27. The quantitative estimate of drug-likeness (QED) is 0.362. The Morgan fingerprint density at radius 3 is 2.08 bits per heavy atom. The van der Waals surface area contributed by atoms with Crippen molar-refractivity contribution in [3.8, 4) is 11.5 Å². The Labute approximate surface area is 214 Å². The van der Waals surface area contributed by atoms with E-state index >= 15 is 0 Å². The topological polar surface area (TPSA) is 84.9 Å². The highest BCUT2D eigenvalue weighted by atomic mass is 32.2. The van der Waals surface area contributed by atoms with Crippen LogP contribution in [-0.2, 0) is 14.8 Å². The third-order valence-electron chi connectivity index (χ3n) is 5.61.